The van der Waals surface area contributed by atoms with Gasteiger partial charge < -0.3 is 5.32 Å². The maximum absolute atomic E-state index is 12.6. The molecular weight excluding hydrogens is 322 g/mol. The van der Waals surface area contributed by atoms with E-state index in [-0.39, 0.29) is 5.91 Å². The molecule has 0 aromatic carbocycles. The fraction of sp³-hybridized carbons (Fsp3) is 0.632. The second-order valence-electron chi connectivity index (χ2n) is 7.30. The highest BCUT2D eigenvalue weighted by Gasteiger charge is 2.27. The molecule has 2 nitrogen and oxygen atoms in total. The van der Waals surface area contributed by atoms with Gasteiger partial charge in [-0.25, -0.2) is 0 Å². The molecule has 2 aliphatic carbocycles. The average molecular weight is 348 g/mol. The Bertz CT molecular complexity index is 640. The van der Waals surface area contributed by atoms with E-state index < -0.39 is 0 Å². The fourth-order valence-corrected chi connectivity index (χ4v) is 6.72. The molecule has 124 valence electrons. The summed E-state index contributed by atoms with van der Waals surface area (Å²) in [7, 11) is 0. The van der Waals surface area contributed by atoms with E-state index in [0.29, 0.717) is 6.04 Å². The summed E-state index contributed by atoms with van der Waals surface area (Å²) in [4.78, 5) is 16.4. The van der Waals surface area contributed by atoms with Crippen LogP contribution in [0.15, 0.2) is 4.91 Å². The van der Waals surface area contributed by atoms with E-state index in [2.05, 4.69) is 18.3 Å². The van der Waals surface area contributed by atoms with Gasteiger partial charge in [-0.3, -0.25) is 4.79 Å². The Morgan fingerprint density at radius 2 is 2.00 bits per heavy atom. The van der Waals surface area contributed by atoms with Gasteiger partial charge in [-0.1, -0.05) is 26.2 Å². The molecule has 1 atom stereocenters. The lowest BCUT2D eigenvalue weighted by Crippen LogP contribution is -2.36. The highest BCUT2D eigenvalue weighted by atomic mass is 32.2. The van der Waals surface area contributed by atoms with Crippen molar-refractivity contribution >= 4 is 35.1 Å². The Kier molecular flexibility index (Phi) is 4.55. The maximum Gasteiger partial charge on any atom is 0.257 e. The van der Waals surface area contributed by atoms with Crippen LogP contribution >= 0.6 is 23.1 Å². The molecule has 3 aliphatic rings. The van der Waals surface area contributed by atoms with E-state index in [4.69, 9.17) is 0 Å². The molecule has 1 amide bonds. The molecule has 0 radical (unpaired) electrons. The summed E-state index contributed by atoms with van der Waals surface area (Å²) in [6.07, 6.45) is 12.1. The van der Waals surface area contributed by atoms with Crippen molar-refractivity contribution in [2.24, 2.45) is 5.92 Å². The van der Waals surface area contributed by atoms with Gasteiger partial charge in [0.2, 0.25) is 0 Å². The zero-order valence-corrected chi connectivity index (χ0v) is 15.5. The van der Waals surface area contributed by atoms with Crippen LogP contribution in [0.3, 0.4) is 0 Å². The lowest BCUT2D eigenvalue weighted by molar-refractivity contribution is -0.117. The third-order valence-corrected chi connectivity index (χ3v) is 7.74. The number of nitrogens with one attached hydrogen (secondary N) is 1. The first kappa shape index (κ1) is 15.8. The summed E-state index contributed by atoms with van der Waals surface area (Å²) >= 11 is 3.68. The molecule has 1 saturated carbocycles. The lowest BCUT2D eigenvalue weighted by Gasteiger charge is -2.24. The zero-order valence-electron chi connectivity index (χ0n) is 13.8. The number of thioether (sulfide) groups is 1. The fourth-order valence-electron chi connectivity index (χ4n) is 4.06. The quantitative estimate of drug-likeness (QED) is 0.823. The maximum atomic E-state index is 12.6. The van der Waals surface area contributed by atoms with Crippen LogP contribution in [0.25, 0.3) is 6.08 Å². The second-order valence-corrected chi connectivity index (χ2v) is 9.45. The smallest absolute Gasteiger partial charge is 0.257 e. The second kappa shape index (κ2) is 6.64. The van der Waals surface area contributed by atoms with Crippen molar-refractivity contribution in [2.75, 3.05) is 0 Å². The molecule has 0 bridgehead atoms. The molecule has 1 aromatic rings. The normalized spacial score (nSPS) is 24.6. The van der Waals surface area contributed by atoms with Gasteiger partial charge in [-0.15, -0.1) is 23.1 Å². The molecule has 1 aliphatic heterocycles. The minimum atomic E-state index is 0.160. The number of carbonyl (C=O) groups excluding carboxylic acids is 1. The van der Waals surface area contributed by atoms with Gasteiger partial charge >= 0.3 is 0 Å². The third-order valence-electron chi connectivity index (χ3n) is 5.45. The number of hydrogen-bond acceptors (Lipinski definition) is 3. The molecule has 1 unspecified atom stereocenters. The van der Waals surface area contributed by atoms with Gasteiger partial charge in [0.05, 0.1) is 4.91 Å². The van der Waals surface area contributed by atoms with Crippen LogP contribution < -0.4 is 5.32 Å². The summed E-state index contributed by atoms with van der Waals surface area (Å²) < 4.78 is 0. The summed E-state index contributed by atoms with van der Waals surface area (Å²) in [5.41, 5.74) is 3.13. The van der Waals surface area contributed by atoms with Crippen molar-refractivity contribution in [3.63, 3.8) is 0 Å². The number of amides is 1. The summed E-state index contributed by atoms with van der Waals surface area (Å²) in [5, 5.41) is 3.26. The van der Waals surface area contributed by atoms with E-state index in [1.54, 1.807) is 22.2 Å². The van der Waals surface area contributed by atoms with Crippen LogP contribution in [0.4, 0.5) is 0 Å². The van der Waals surface area contributed by atoms with Crippen LogP contribution in [0, 0.1) is 5.92 Å². The van der Waals surface area contributed by atoms with Crippen molar-refractivity contribution in [1.29, 1.82) is 0 Å². The van der Waals surface area contributed by atoms with Gasteiger partial charge in [-0.2, -0.15) is 0 Å². The topological polar surface area (TPSA) is 29.1 Å². The Hall–Kier alpha value is -0.740. The summed E-state index contributed by atoms with van der Waals surface area (Å²) in [6, 6.07) is 0.400. The molecular formula is C19H25NOS2. The molecule has 0 spiro atoms. The number of carbonyl (C=O) groups is 1. The Balaban J connectivity index is 1.51. The minimum Gasteiger partial charge on any atom is -0.349 e. The van der Waals surface area contributed by atoms with Crippen LogP contribution in [0.5, 0.6) is 0 Å². The van der Waals surface area contributed by atoms with E-state index >= 15 is 0 Å². The van der Waals surface area contributed by atoms with Crippen molar-refractivity contribution in [1.82, 2.24) is 5.32 Å². The van der Waals surface area contributed by atoms with E-state index in [0.717, 1.165) is 29.4 Å². The first-order chi connectivity index (χ1) is 11.2. The van der Waals surface area contributed by atoms with E-state index in [1.165, 1.54) is 49.0 Å². The largest absolute Gasteiger partial charge is 0.349 e. The van der Waals surface area contributed by atoms with E-state index in [9.17, 15) is 4.79 Å². The van der Waals surface area contributed by atoms with Gasteiger partial charge in [-0.05, 0) is 55.2 Å². The highest BCUT2D eigenvalue weighted by Crippen LogP contribution is 2.43. The van der Waals surface area contributed by atoms with Crippen molar-refractivity contribution in [2.45, 2.75) is 70.1 Å². The Morgan fingerprint density at radius 3 is 2.83 bits per heavy atom. The van der Waals surface area contributed by atoms with Gasteiger partial charge in [0.25, 0.3) is 5.91 Å². The summed E-state index contributed by atoms with van der Waals surface area (Å²) in [5.74, 6) is 1.96. The Labute approximate surface area is 147 Å². The lowest BCUT2D eigenvalue weighted by atomic mass is 9.88. The van der Waals surface area contributed by atoms with Crippen LogP contribution in [0.1, 0.15) is 66.3 Å². The summed E-state index contributed by atoms with van der Waals surface area (Å²) in [6.45, 7) is 2.36. The molecule has 1 fully saturated rings. The number of fused-ring (bicyclic) bond motifs is 3. The van der Waals surface area contributed by atoms with Crippen LogP contribution in [-0.2, 0) is 23.4 Å². The van der Waals surface area contributed by atoms with Gasteiger partial charge in [0.15, 0.2) is 0 Å². The molecule has 2 heterocycles. The van der Waals surface area contributed by atoms with Crippen LogP contribution in [-0.4, -0.2) is 11.9 Å². The van der Waals surface area contributed by atoms with Gasteiger partial charge in [0.1, 0.15) is 0 Å². The molecule has 4 rings (SSSR count). The number of hydrogen-bond donors (Lipinski definition) is 1. The highest BCUT2D eigenvalue weighted by molar-refractivity contribution is 8.03. The molecule has 1 aromatic heterocycles. The van der Waals surface area contributed by atoms with Crippen LogP contribution in [0.2, 0.25) is 0 Å². The monoisotopic (exact) mass is 347 g/mol. The standard InChI is InChI=1S/C19H25NOS2/c1-12-7-8-14-15-11-22-18(10-17(15)23-16(14)9-12)19(21)20-13-5-3-2-4-6-13/h10,12-13H,2-9,11H2,1H3,(H,20,21). The minimum absolute atomic E-state index is 0.160. The first-order valence-corrected chi connectivity index (χ1v) is 10.8. The van der Waals surface area contributed by atoms with Gasteiger partial charge in [0, 0.05) is 21.5 Å². The number of thiophene rings is 1. The molecule has 4 heteroatoms. The Morgan fingerprint density at radius 1 is 1.17 bits per heavy atom. The van der Waals surface area contributed by atoms with E-state index in [1.807, 2.05) is 11.3 Å². The molecule has 23 heavy (non-hydrogen) atoms. The predicted octanol–water partition coefficient (Wildman–Crippen LogP) is 4.91. The molecule has 0 saturated heterocycles. The first-order valence-electron chi connectivity index (χ1n) is 8.99. The third kappa shape index (κ3) is 3.25. The predicted molar refractivity (Wildman–Crippen MR) is 99.8 cm³/mol. The van der Waals surface area contributed by atoms with Crippen molar-refractivity contribution in [3.8, 4) is 0 Å². The average Bonchev–Trinajstić information content (AvgIpc) is 2.92. The van der Waals surface area contributed by atoms with Crippen molar-refractivity contribution < 1.29 is 4.79 Å². The van der Waals surface area contributed by atoms with Crippen molar-refractivity contribution in [3.05, 3.63) is 25.8 Å². The number of rotatable bonds is 2. The molecule has 1 N–H and O–H groups in total. The SMILES string of the molecule is CC1CCc2c(sc3c2CSC(C(=O)NC2CCCCC2)=C3)C1. The zero-order chi connectivity index (χ0) is 15.8.